The monoisotopic (exact) mass is 278 g/mol. The predicted octanol–water partition coefficient (Wildman–Crippen LogP) is 1.93. The van der Waals surface area contributed by atoms with E-state index >= 15 is 0 Å². The molecule has 1 unspecified atom stereocenters. The average molecular weight is 278 g/mol. The highest BCUT2D eigenvalue weighted by Crippen LogP contribution is 2.25. The van der Waals surface area contributed by atoms with Gasteiger partial charge in [0.1, 0.15) is 0 Å². The van der Waals surface area contributed by atoms with Gasteiger partial charge in [-0.2, -0.15) is 0 Å². The molecule has 0 spiro atoms. The predicted molar refractivity (Wildman–Crippen MR) is 81.3 cm³/mol. The Morgan fingerprint density at radius 3 is 2.65 bits per heavy atom. The van der Waals surface area contributed by atoms with Crippen LogP contribution >= 0.6 is 0 Å². The van der Waals surface area contributed by atoms with Crippen LogP contribution in [0.2, 0.25) is 0 Å². The Hall–Kier alpha value is -1.10. The normalized spacial score (nSPS) is 18.4. The summed E-state index contributed by atoms with van der Waals surface area (Å²) >= 11 is 0. The number of nitrogens with two attached hydrogens (primary N) is 1. The number of nitrogens with zero attached hydrogens (tertiary/aromatic N) is 1. The van der Waals surface area contributed by atoms with Crippen molar-refractivity contribution in [2.75, 3.05) is 25.4 Å². The summed E-state index contributed by atoms with van der Waals surface area (Å²) in [7, 11) is 0. The molecular weight excluding hydrogens is 252 g/mol. The minimum absolute atomic E-state index is 0.139. The Labute approximate surface area is 121 Å². The molecule has 4 N–H and O–H groups in total. The summed E-state index contributed by atoms with van der Waals surface area (Å²) in [5.41, 5.74) is 7.29. The van der Waals surface area contributed by atoms with Crippen molar-refractivity contribution < 1.29 is 10.2 Å². The van der Waals surface area contributed by atoms with Crippen LogP contribution in [-0.4, -0.2) is 40.9 Å². The lowest BCUT2D eigenvalue weighted by Gasteiger charge is -2.35. The lowest BCUT2D eigenvalue weighted by atomic mass is 9.93. The van der Waals surface area contributed by atoms with Gasteiger partial charge in [0.05, 0.1) is 12.7 Å². The minimum Gasteiger partial charge on any atom is -0.399 e. The molecule has 0 aromatic heterocycles. The van der Waals surface area contributed by atoms with E-state index in [0.29, 0.717) is 24.8 Å². The smallest absolute Gasteiger partial charge is 0.0917 e. The first-order valence-electron chi connectivity index (χ1n) is 7.59. The third-order valence-corrected chi connectivity index (χ3v) is 4.18. The molecule has 1 aromatic carbocycles. The molecule has 20 heavy (non-hydrogen) atoms. The van der Waals surface area contributed by atoms with Crippen LogP contribution in [0.25, 0.3) is 0 Å². The molecule has 2 rings (SSSR count). The van der Waals surface area contributed by atoms with Crippen LogP contribution in [0.15, 0.2) is 24.3 Å². The second-order valence-electron chi connectivity index (χ2n) is 5.70. The molecule has 0 bridgehead atoms. The Morgan fingerprint density at radius 1 is 1.25 bits per heavy atom. The van der Waals surface area contributed by atoms with Gasteiger partial charge in [-0.05, 0) is 30.5 Å². The van der Waals surface area contributed by atoms with Gasteiger partial charge in [-0.1, -0.05) is 31.4 Å². The lowest BCUT2D eigenvalue weighted by Crippen LogP contribution is -2.41. The molecule has 0 saturated heterocycles. The number of hydrogen-bond acceptors (Lipinski definition) is 4. The Kier molecular flexibility index (Phi) is 5.83. The second kappa shape index (κ2) is 7.62. The number of aliphatic hydroxyl groups is 2. The first-order valence-corrected chi connectivity index (χ1v) is 7.59. The first-order chi connectivity index (χ1) is 9.70. The Morgan fingerprint density at radius 2 is 2.00 bits per heavy atom. The molecule has 0 radical (unpaired) electrons. The molecule has 112 valence electrons. The third kappa shape index (κ3) is 4.20. The Bertz CT molecular complexity index is 405. The van der Waals surface area contributed by atoms with Gasteiger partial charge >= 0.3 is 0 Å². The SMILES string of the molecule is Nc1cccc(C(O)CN(CCO)C2CCCCC2)c1. The van der Waals surface area contributed by atoms with Gasteiger partial charge in [-0.15, -0.1) is 0 Å². The summed E-state index contributed by atoms with van der Waals surface area (Å²) in [5, 5.41) is 19.6. The molecule has 1 aliphatic carbocycles. The number of anilines is 1. The number of rotatable bonds is 6. The largest absolute Gasteiger partial charge is 0.399 e. The van der Waals surface area contributed by atoms with Gasteiger partial charge in [0.2, 0.25) is 0 Å². The van der Waals surface area contributed by atoms with Crippen molar-refractivity contribution in [2.24, 2.45) is 0 Å². The quantitative estimate of drug-likeness (QED) is 0.695. The fourth-order valence-corrected chi connectivity index (χ4v) is 3.09. The van der Waals surface area contributed by atoms with Crippen LogP contribution in [0.5, 0.6) is 0 Å². The molecule has 1 aliphatic rings. The van der Waals surface area contributed by atoms with Gasteiger partial charge in [0.25, 0.3) is 0 Å². The van der Waals surface area contributed by atoms with Crippen molar-refractivity contribution >= 4 is 5.69 Å². The highest BCUT2D eigenvalue weighted by molar-refractivity contribution is 5.41. The number of nitrogen functional groups attached to an aromatic ring is 1. The highest BCUT2D eigenvalue weighted by atomic mass is 16.3. The maximum absolute atomic E-state index is 10.4. The van der Waals surface area contributed by atoms with Crippen LogP contribution in [0.3, 0.4) is 0 Å². The van der Waals surface area contributed by atoms with Crippen LogP contribution in [0.4, 0.5) is 5.69 Å². The van der Waals surface area contributed by atoms with Crippen LogP contribution < -0.4 is 5.73 Å². The molecule has 1 atom stereocenters. The van der Waals surface area contributed by atoms with E-state index in [9.17, 15) is 10.2 Å². The van der Waals surface area contributed by atoms with Crippen LogP contribution in [0.1, 0.15) is 43.8 Å². The topological polar surface area (TPSA) is 69.7 Å². The van der Waals surface area contributed by atoms with Crippen molar-refractivity contribution in [3.8, 4) is 0 Å². The second-order valence-corrected chi connectivity index (χ2v) is 5.70. The fourth-order valence-electron chi connectivity index (χ4n) is 3.09. The molecule has 1 fully saturated rings. The average Bonchev–Trinajstić information content (AvgIpc) is 2.47. The van der Waals surface area contributed by atoms with Crippen molar-refractivity contribution in [3.63, 3.8) is 0 Å². The Balaban J connectivity index is 1.99. The summed E-state index contributed by atoms with van der Waals surface area (Å²) < 4.78 is 0. The van der Waals surface area contributed by atoms with E-state index in [4.69, 9.17) is 5.73 Å². The first kappa shape index (κ1) is 15.3. The van der Waals surface area contributed by atoms with Crippen molar-refractivity contribution in [1.82, 2.24) is 4.90 Å². The van der Waals surface area contributed by atoms with Crippen LogP contribution in [-0.2, 0) is 0 Å². The van der Waals surface area contributed by atoms with Gasteiger partial charge in [0.15, 0.2) is 0 Å². The summed E-state index contributed by atoms with van der Waals surface area (Å²) in [6, 6.07) is 7.90. The molecule has 0 aliphatic heterocycles. The maximum Gasteiger partial charge on any atom is 0.0917 e. The van der Waals surface area contributed by atoms with E-state index < -0.39 is 6.10 Å². The fraction of sp³-hybridized carbons (Fsp3) is 0.625. The van der Waals surface area contributed by atoms with Crippen LogP contribution in [0, 0.1) is 0 Å². The molecule has 0 amide bonds. The van der Waals surface area contributed by atoms with Crippen molar-refractivity contribution in [1.29, 1.82) is 0 Å². The highest BCUT2D eigenvalue weighted by Gasteiger charge is 2.23. The van der Waals surface area contributed by atoms with Gasteiger partial charge in [0, 0.05) is 24.8 Å². The molecule has 0 heterocycles. The molecule has 1 saturated carbocycles. The number of benzene rings is 1. The number of hydrogen-bond donors (Lipinski definition) is 3. The summed E-state index contributed by atoms with van der Waals surface area (Å²) in [5.74, 6) is 0. The van der Waals surface area contributed by atoms with Gasteiger partial charge in [-0.25, -0.2) is 0 Å². The maximum atomic E-state index is 10.4. The van der Waals surface area contributed by atoms with E-state index in [1.807, 2.05) is 24.3 Å². The molecule has 4 heteroatoms. The zero-order valence-electron chi connectivity index (χ0n) is 12.0. The number of aliphatic hydroxyl groups excluding tert-OH is 2. The lowest BCUT2D eigenvalue weighted by molar-refractivity contribution is 0.0600. The van der Waals surface area contributed by atoms with E-state index in [1.54, 1.807) is 0 Å². The molecule has 1 aromatic rings. The van der Waals surface area contributed by atoms with E-state index in [2.05, 4.69) is 4.90 Å². The minimum atomic E-state index is -0.549. The van der Waals surface area contributed by atoms with Gasteiger partial charge in [-0.3, -0.25) is 4.90 Å². The molecular formula is C16H26N2O2. The zero-order valence-corrected chi connectivity index (χ0v) is 12.0. The molecule has 4 nitrogen and oxygen atoms in total. The summed E-state index contributed by atoms with van der Waals surface area (Å²) in [6.45, 7) is 1.33. The van der Waals surface area contributed by atoms with E-state index in [1.165, 1.54) is 32.1 Å². The summed E-state index contributed by atoms with van der Waals surface area (Å²) in [6.07, 6.45) is 5.60. The van der Waals surface area contributed by atoms with E-state index in [0.717, 1.165) is 5.56 Å². The van der Waals surface area contributed by atoms with Crippen molar-refractivity contribution in [3.05, 3.63) is 29.8 Å². The standard InChI is InChI=1S/C16H26N2O2/c17-14-6-4-5-13(11-14)16(20)12-18(9-10-19)15-7-2-1-3-8-15/h4-6,11,15-16,19-20H,1-3,7-10,12,17H2. The van der Waals surface area contributed by atoms with E-state index in [-0.39, 0.29) is 6.61 Å². The van der Waals surface area contributed by atoms with Gasteiger partial charge < -0.3 is 15.9 Å². The zero-order chi connectivity index (χ0) is 14.4. The summed E-state index contributed by atoms with van der Waals surface area (Å²) in [4.78, 5) is 2.23. The van der Waals surface area contributed by atoms with Crippen molar-refractivity contribution in [2.45, 2.75) is 44.2 Å². The third-order valence-electron chi connectivity index (χ3n) is 4.18.